The van der Waals surface area contributed by atoms with E-state index in [0.29, 0.717) is 18.2 Å². The number of amides is 1. The zero-order chi connectivity index (χ0) is 21.3. The van der Waals surface area contributed by atoms with Gasteiger partial charge in [-0.25, -0.2) is 0 Å². The molecule has 2 unspecified atom stereocenters. The van der Waals surface area contributed by atoms with Crippen molar-refractivity contribution < 1.29 is 4.79 Å². The fraction of sp³-hybridized carbons (Fsp3) is 0.417. The molecule has 1 heterocycles. The molecule has 0 radical (unpaired) electrons. The monoisotopic (exact) mass is 407 g/mol. The van der Waals surface area contributed by atoms with Crippen LogP contribution in [0.3, 0.4) is 0 Å². The van der Waals surface area contributed by atoms with Gasteiger partial charge in [-0.2, -0.15) is 0 Å². The Morgan fingerprint density at radius 2 is 1.90 bits per heavy atom. The molecule has 30 heavy (non-hydrogen) atoms. The van der Waals surface area contributed by atoms with E-state index in [1.54, 1.807) is 7.05 Å². The third-order valence-corrected chi connectivity index (χ3v) is 5.54. The van der Waals surface area contributed by atoms with Gasteiger partial charge in [0.05, 0.1) is 0 Å². The Morgan fingerprint density at radius 1 is 1.17 bits per heavy atom. The van der Waals surface area contributed by atoms with E-state index in [1.807, 2.05) is 37.3 Å². The fourth-order valence-corrected chi connectivity index (χ4v) is 3.51. The number of benzene rings is 2. The first-order valence-electron chi connectivity index (χ1n) is 10.8. The highest BCUT2D eigenvalue weighted by Gasteiger charge is 2.23. The minimum absolute atomic E-state index is 0.0226. The van der Waals surface area contributed by atoms with Crippen molar-refractivity contribution in [2.24, 2.45) is 4.99 Å². The van der Waals surface area contributed by atoms with Gasteiger partial charge in [0.2, 0.25) is 0 Å². The zero-order valence-corrected chi connectivity index (χ0v) is 18.2. The van der Waals surface area contributed by atoms with Crippen LogP contribution < -0.4 is 20.9 Å². The van der Waals surface area contributed by atoms with Gasteiger partial charge in [-0.15, -0.1) is 0 Å². The van der Waals surface area contributed by atoms with Gasteiger partial charge in [-0.3, -0.25) is 9.79 Å². The molecular formula is C24H33N5O. The summed E-state index contributed by atoms with van der Waals surface area (Å²) in [5.41, 5.74) is 3.06. The Morgan fingerprint density at radius 3 is 2.57 bits per heavy atom. The predicted octanol–water partition coefficient (Wildman–Crippen LogP) is 3.16. The molecule has 0 aliphatic carbocycles. The molecular weight excluding hydrogens is 374 g/mol. The van der Waals surface area contributed by atoms with Gasteiger partial charge in [0, 0.05) is 50.0 Å². The molecule has 1 aliphatic rings. The third kappa shape index (κ3) is 5.99. The maximum absolute atomic E-state index is 12.2. The molecule has 1 saturated heterocycles. The molecule has 0 saturated carbocycles. The summed E-state index contributed by atoms with van der Waals surface area (Å²) in [5.74, 6) is 0.777. The van der Waals surface area contributed by atoms with E-state index in [0.717, 1.165) is 37.5 Å². The van der Waals surface area contributed by atoms with Gasteiger partial charge in [-0.05, 0) is 49.6 Å². The highest BCUT2D eigenvalue weighted by atomic mass is 16.1. The minimum atomic E-state index is -0.0226. The van der Waals surface area contributed by atoms with E-state index in [4.69, 9.17) is 0 Å². The van der Waals surface area contributed by atoms with E-state index in [9.17, 15) is 4.79 Å². The Labute approximate surface area is 179 Å². The number of nitrogens with zero attached hydrogens (tertiary/aromatic N) is 2. The van der Waals surface area contributed by atoms with Crippen LogP contribution in [0.15, 0.2) is 59.6 Å². The summed E-state index contributed by atoms with van der Waals surface area (Å²) >= 11 is 0. The second-order valence-electron chi connectivity index (χ2n) is 7.82. The fourth-order valence-electron chi connectivity index (χ4n) is 3.51. The van der Waals surface area contributed by atoms with Gasteiger partial charge in [0.1, 0.15) is 0 Å². The largest absolute Gasteiger partial charge is 0.369 e. The summed E-state index contributed by atoms with van der Waals surface area (Å²) < 4.78 is 0. The van der Waals surface area contributed by atoms with Crippen LogP contribution >= 0.6 is 0 Å². The summed E-state index contributed by atoms with van der Waals surface area (Å²) in [7, 11) is 1.79. The maximum Gasteiger partial charge on any atom is 0.251 e. The van der Waals surface area contributed by atoms with Gasteiger partial charge in [-0.1, -0.05) is 37.3 Å². The molecule has 0 spiro atoms. The van der Waals surface area contributed by atoms with Crippen LogP contribution in [0.25, 0.3) is 0 Å². The number of hydrogen-bond acceptors (Lipinski definition) is 3. The smallest absolute Gasteiger partial charge is 0.251 e. The lowest BCUT2D eigenvalue weighted by Crippen LogP contribution is -2.44. The molecule has 3 rings (SSSR count). The van der Waals surface area contributed by atoms with Gasteiger partial charge >= 0.3 is 0 Å². The van der Waals surface area contributed by atoms with E-state index in [1.165, 1.54) is 5.69 Å². The molecule has 6 heteroatoms. The Balaban J connectivity index is 1.47. The molecule has 2 aromatic rings. The molecule has 2 aromatic carbocycles. The van der Waals surface area contributed by atoms with Crippen LogP contribution in [0, 0.1) is 0 Å². The standard InChI is InChI=1S/C24H33N5O/c1-4-18(2)27-23(30)20-12-10-19(11-13-20)16-26-24(25-3)28-21-14-15-29(17-21)22-8-6-5-7-9-22/h5-13,18,21H,4,14-17H2,1-3H3,(H,27,30)(H2,25,26,28). The van der Waals surface area contributed by atoms with E-state index < -0.39 is 0 Å². The second-order valence-corrected chi connectivity index (χ2v) is 7.82. The minimum Gasteiger partial charge on any atom is -0.369 e. The highest BCUT2D eigenvalue weighted by molar-refractivity contribution is 5.94. The number of carbonyl (C=O) groups is 1. The molecule has 2 atom stereocenters. The first kappa shape index (κ1) is 21.7. The van der Waals surface area contributed by atoms with Crippen LogP contribution in [0.2, 0.25) is 0 Å². The van der Waals surface area contributed by atoms with Crippen molar-refractivity contribution in [3.05, 3.63) is 65.7 Å². The lowest BCUT2D eigenvalue weighted by molar-refractivity contribution is 0.0939. The molecule has 6 nitrogen and oxygen atoms in total. The Hall–Kier alpha value is -3.02. The molecule has 1 fully saturated rings. The van der Waals surface area contributed by atoms with Gasteiger partial charge < -0.3 is 20.9 Å². The van der Waals surface area contributed by atoms with Crippen molar-refractivity contribution in [2.45, 2.75) is 45.3 Å². The van der Waals surface area contributed by atoms with Gasteiger partial charge in [0.25, 0.3) is 5.91 Å². The average Bonchev–Trinajstić information content (AvgIpc) is 3.26. The topological polar surface area (TPSA) is 68.8 Å². The molecule has 3 N–H and O–H groups in total. The summed E-state index contributed by atoms with van der Waals surface area (Å²) in [4.78, 5) is 19.0. The third-order valence-electron chi connectivity index (χ3n) is 5.54. The summed E-state index contributed by atoms with van der Waals surface area (Å²) in [6, 6.07) is 18.8. The second kappa shape index (κ2) is 10.7. The number of guanidine groups is 1. The van der Waals surface area contributed by atoms with Gasteiger partial charge in [0.15, 0.2) is 5.96 Å². The van der Waals surface area contributed by atoms with Crippen LogP contribution in [0.1, 0.15) is 42.6 Å². The summed E-state index contributed by atoms with van der Waals surface area (Å²) in [5, 5.41) is 9.90. The Kier molecular flexibility index (Phi) is 7.71. The lowest BCUT2D eigenvalue weighted by Gasteiger charge is -2.20. The molecule has 1 amide bonds. The summed E-state index contributed by atoms with van der Waals surface area (Å²) in [6.45, 7) is 6.73. The number of anilines is 1. The van der Waals surface area contributed by atoms with Crippen LogP contribution in [-0.2, 0) is 6.54 Å². The van der Waals surface area contributed by atoms with Crippen LogP contribution in [0.5, 0.6) is 0 Å². The van der Waals surface area contributed by atoms with E-state index in [-0.39, 0.29) is 11.9 Å². The maximum atomic E-state index is 12.2. The van der Waals surface area contributed by atoms with E-state index >= 15 is 0 Å². The number of rotatable bonds is 7. The highest BCUT2D eigenvalue weighted by Crippen LogP contribution is 2.19. The first-order valence-corrected chi connectivity index (χ1v) is 10.8. The van der Waals surface area contributed by atoms with Crippen LogP contribution in [0.4, 0.5) is 5.69 Å². The van der Waals surface area contributed by atoms with Crippen molar-refractivity contribution in [1.82, 2.24) is 16.0 Å². The number of nitrogens with one attached hydrogen (secondary N) is 3. The van der Waals surface area contributed by atoms with Crippen molar-refractivity contribution >= 4 is 17.6 Å². The molecule has 0 bridgehead atoms. The van der Waals surface area contributed by atoms with E-state index in [2.05, 4.69) is 57.0 Å². The van der Waals surface area contributed by atoms with Crippen molar-refractivity contribution in [2.75, 3.05) is 25.0 Å². The molecule has 0 aromatic heterocycles. The Bertz CT molecular complexity index is 834. The first-order chi connectivity index (χ1) is 14.6. The molecule has 1 aliphatic heterocycles. The van der Waals surface area contributed by atoms with Crippen molar-refractivity contribution in [1.29, 1.82) is 0 Å². The quantitative estimate of drug-likeness (QED) is 0.487. The van der Waals surface area contributed by atoms with Crippen molar-refractivity contribution in [3.8, 4) is 0 Å². The summed E-state index contributed by atoms with van der Waals surface area (Å²) in [6.07, 6.45) is 2.00. The number of para-hydroxylation sites is 1. The number of hydrogen-bond donors (Lipinski definition) is 3. The lowest BCUT2D eigenvalue weighted by atomic mass is 10.1. The normalized spacial score (nSPS) is 17.5. The SMILES string of the molecule is CCC(C)NC(=O)c1ccc(CNC(=NC)NC2CCN(c3ccccc3)C2)cc1. The van der Waals surface area contributed by atoms with Crippen molar-refractivity contribution in [3.63, 3.8) is 0 Å². The zero-order valence-electron chi connectivity index (χ0n) is 18.2. The average molecular weight is 408 g/mol. The number of carbonyl (C=O) groups excluding carboxylic acids is 1. The predicted molar refractivity (Wildman–Crippen MR) is 124 cm³/mol. The number of aliphatic imine (C=N–C) groups is 1. The van der Waals surface area contributed by atoms with Crippen LogP contribution in [-0.4, -0.2) is 44.1 Å². The molecule has 160 valence electrons.